The van der Waals surface area contributed by atoms with E-state index in [2.05, 4.69) is 4.74 Å². The Morgan fingerprint density at radius 2 is 2.08 bits per heavy atom. The van der Waals surface area contributed by atoms with Crippen LogP contribution in [0.15, 0.2) is 23.8 Å². The molecule has 0 unspecified atom stereocenters. The summed E-state index contributed by atoms with van der Waals surface area (Å²) in [7, 11) is 0. The van der Waals surface area contributed by atoms with Crippen molar-refractivity contribution < 1.29 is 23.0 Å². The van der Waals surface area contributed by atoms with Gasteiger partial charge in [-0.15, -0.1) is 0 Å². The van der Waals surface area contributed by atoms with Gasteiger partial charge in [0.25, 0.3) is 5.91 Å². The first-order valence-corrected chi connectivity index (χ1v) is 7.68. The molecule has 0 aromatic heterocycles. The Hall–Kier alpha value is -2.62. The average Bonchev–Trinajstić information content (AvgIpc) is 3.08. The van der Waals surface area contributed by atoms with E-state index >= 15 is 0 Å². The molecule has 1 heterocycles. The highest BCUT2D eigenvalue weighted by Gasteiger charge is 2.21. The maximum absolute atomic E-state index is 12.4. The molecule has 1 amide bonds. The van der Waals surface area contributed by atoms with E-state index in [1.807, 2.05) is 6.07 Å². The first kappa shape index (κ1) is 17.7. The quantitative estimate of drug-likeness (QED) is 0.591. The van der Waals surface area contributed by atoms with Crippen LogP contribution in [0.1, 0.15) is 25.3 Å². The third-order valence-electron chi connectivity index (χ3n) is 3.54. The number of alkyl halides is 2. The summed E-state index contributed by atoms with van der Waals surface area (Å²) in [5.74, 6) is -0.272. The summed E-state index contributed by atoms with van der Waals surface area (Å²) in [6.07, 6.45) is 3.28. The van der Waals surface area contributed by atoms with Crippen molar-refractivity contribution in [1.82, 2.24) is 4.90 Å². The molecule has 1 aliphatic rings. The molecule has 2 rings (SSSR count). The fourth-order valence-electron chi connectivity index (χ4n) is 2.48. The van der Waals surface area contributed by atoms with Crippen LogP contribution in [-0.4, -0.2) is 37.1 Å². The molecule has 1 fully saturated rings. The predicted octanol–water partition coefficient (Wildman–Crippen LogP) is 3.22. The van der Waals surface area contributed by atoms with Gasteiger partial charge in [-0.2, -0.15) is 14.0 Å². The predicted molar refractivity (Wildman–Crippen MR) is 83.6 cm³/mol. The Morgan fingerprint density at radius 3 is 2.67 bits per heavy atom. The van der Waals surface area contributed by atoms with Gasteiger partial charge in [-0.05, 0) is 43.5 Å². The van der Waals surface area contributed by atoms with Crippen molar-refractivity contribution in [3.05, 3.63) is 29.3 Å². The lowest BCUT2D eigenvalue weighted by Gasteiger charge is -2.14. The van der Waals surface area contributed by atoms with Crippen molar-refractivity contribution in [2.45, 2.75) is 26.4 Å². The SMILES string of the molecule is CCOc1cc(/C=C(\C#N)C(=O)N2CCCC2)ccc1OC(F)F. The van der Waals surface area contributed by atoms with E-state index in [4.69, 9.17) is 4.74 Å². The van der Waals surface area contributed by atoms with Crippen LogP contribution in [-0.2, 0) is 4.79 Å². The molecule has 0 radical (unpaired) electrons. The molecule has 1 saturated heterocycles. The van der Waals surface area contributed by atoms with E-state index in [1.165, 1.54) is 24.3 Å². The van der Waals surface area contributed by atoms with Crippen LogP contribution >= 0.6 is 0 Å². The van der Waals surface area contributed by atoms with Crippen LogP contribution in [0, 0.1) is 11.3 Å². The highest BCUT2D eigenvalue weighted by Crippen LogP contribution is 2.30. The zero-order valence-corrected chi connectivity index (χ0v) is 13.3. The van der Waals surface area contributed by atoms with Crippen molar-refractivity contribution in [2.75, 3.05) is 19.7 Å². The number of hydrogen-bond donors (Lipinski definition) is 0. The average molecular weight is 336 g/mol. The smallest absolute Gasteiger partial charge is 0.387 e. The Balaban J connectivity index is 2.27. The first-order chi connectivity index (χ1) is 11.5. The lowest BCUT2D eigenvalue weighted by atomic mass is 10.1. The van der Waals surface area contributed by atoms with Gasteiger partial charge < -0.3 is 14.4 Å². The Bertz CT molecular complexity index is 662. The third-order valence-corrected chi connectivity index (χ3v) is 3.54. The topological polar surface area (TPSA) is 62.6 Å². The molecule has 5 nitrogen and oxygen atoms in total. The van der Waals surface area contributed by atoms with Crippen LogP contribution < -0.4 is 9.47 Å². The molecule has 0 N–H and O–H groups in total. The van der Waals surface area contributed by atoms with E-state index in [0.717, 1.165) is 12.8 Å². The van der Waals surface area contributed by atoms with Crippen LogP contribution in [0.3, 0.4) is 0 Å². The minimum atomic E-state index is -2.96. The molecule has 0 bridgehead atoms. The van der Waals surface area contributed by atoms with Gasteiger partial charge in [-0.3, -0.25) is 4.79 Å². The second-order valence-corrected chi connectivity index (χ2v) is 5.19. The van der Waals surface area contributed by atoms with E-state index in [1.54, 1.807) is 11.8 Å². The number of amides is 1. The van der Waals surface area contributed by atoms with Crippen molar-refractivity contribution in [3.8, 4) is 17.6 Å². The second-order valence-electron chi connectivity index (χ2n) is 5.19. The fourth-order valence-corrected chi connectivity index (χ4v) is 2.48. The molecular weight excluding hydrogens is 318 g/mol. The summed E-state index contributed by atoms with van der Waals surface area (Å²) in [5.41, 5.74) is 0.506. The summed E-state index contributed by atoms with van der Waals surface area (Å²) < 4.78 is 34.5. The maximum Gasteiger partial charge on any atom is 0.387 e. The van der Waals surface area contributed by atoms with Crippen molar-refractivity contribution in [3.63, 3.8) is 0 Å². The number of halogens is 2. The molecule has 0 atom stereocenters. The van der Waals surface area contributed by atoms with Gasteiger partial charge in [0.05, 0.1) is 6.61 Å². The number of ether oxygens (including phenoxy) is 2. The van der Waals surface area contributed by atoms with Gasteiger partial charge in [0.1, 0.15) is 11.6 Å². The van der Waals surface area contributed by atoms with Crippen LogP contribution in [0.25, 0.3) is 6.08 Å². The number of carbonyl (C=O) groups excluding carboxylic acids is 1. The first-order valence-electron chi connectivity index (χ1n) is 7.68. The lowest BCUT2D eigenvalue weighted by molar-refractivity contribution is -0.125. The van der Waals surface area contributed by atoms with E-state index in [-0.39, 0.29) is 29.6 Å². The van der Waals surface area contributed by atoms with Crippen LogP contribution in [0.2, 0.25) is 0 Å². The number of nitrogens with zero attached hydrogens (tertiary/aromatic N) is 2. The number of hydrogen-bond acceptors (Lipinski definition) is 4. The van der Waals surface area contributed by atoms with E-state index in [9.17, 15) is 18.8 Å². The minimum Gasteiger partial charge on any atom is -0.490 e. The van der Waals surface area contributed by atoms with Gasteiger partial charge in [0.15, 0.2) is 11.5 Å². The molecule has 0 spiro atoms. The van der Waals surface area contributed by atoms with Crippen LogP contribution in [0.5, 0.6) is 11.5 Å². The number of benzene rings is 1. The lowest BCUT2D eigenvalue weighted by Crippen LogP contribution is -2.28. The van der Waals surface area contributed by atoms with Gasteiger partial charge in [-0.1, -0.05) is 6.07 Å². The molecule has 1 aromatic rings. The Labute approximate surface area is 139 Å². The molecule has 7 heteroatoms. The standard InChI is InChI=1S/C17H18F2N2O3/c1-2-23-15-10-12(5-6-14(15)24-17(18)19)9-13(11-20)16(22)21-7-3-4-8-21/h5-6,9-10,17H,2-4,7-8H2,1H3/b13-9+. The molecule has 1 aromatic carbocycles. The highest BCUT2D eigenvalue weighted by molar-refractivity contribution is 6.01. The van der Waals surface area contributed by atoms with Crippen LogP contribution in [0.4, 0.5) is 8.78 Å². The number of likely N-dealkylation sites (tertiary alicyclic amines) is 1. The normalized spacial score (nSPS) is 14.6. The van der Waals surface area contributed by atoms with Gasteiger partial charge in [-0.25, -0.2) is 0 Å². The second kappa shape index (κ2) is 8.29. The minimum absolute atomic E-state index is 0.00174. The number of carbonyl (C=O) groups is 1. The summed E-state index contributed by atoms with van der Waals surface area (Å²) in [5, 5.41) is 9.24. The number of rotatable bonds is 6. The molecule has 128 valence electrons. The van der Waals surface area contributed by atoms with Crippen molar-refractivity contribution in [2.24, 2.45) is 0 Å². The third kappa shape index (κ3) is 4.44. The zero-order chi connectivity index (χ0) is 17.5. The summed E-state index contributed by atoms with van der Waals surface area (Å²) in [4.78, 5) is 13.9. The van der Waals surface area contributed by atoms with Gasteiger partial charge >= 0.3 is 6.61 Å². The zero-order valence-electron chi connectivity index (χ0n) is 13.3. The Morgan fingerprint density at radius 1 is 1.38 bits per heavy atom. The monoisotopic (exact) mass is 336 g/mol. The van der Waals surface area contributed by atoms with E-state index in [0.29, 0.717) is 18.7 Å². The molecule has 1 aliphatic heterocycles. The van der Waals surface area contributed by atoms with E-state index < -0.39 is 6.61 Å². The summed E-state index contributed by atoms with van der Waals surface area (Å²) >= 11 is 0. The molecule has 0 aliphatic carbocycles. The van der Waals surface area contributed by atoms with Gasteiger partial charge in [0, 0.05) is 13.1 Å². The number of nitriles is 1. The largest absolute Gasteiger partial charge is 0.490 e. The fraction of sp³-hybridized carbons (Fsp3) is 0.412. The summed E-state index contributed by atoms with van der Waals surface area (Å²) in [6, 6.07) is 6.20. The molecule has 0 saturated carbocycles. The van der Waals surface area contributed by atoms with Crippen molar-refractivity contribution in [1.29, 1.82) is 5.26 Å². The van der Waals surface area contributed by atoms with Crippen molar-refractivity contribution >= 4 is 12.0 Å². The molecule has 24 heavy (non-hydrogen) atoms. The highest BCUT2D eigenvalue weighted by atomic mass is 19.3. The Kier molecular flexibility index (Phi) is 6.13. The maximum atomic E-state index is 12.4. The summed E-state index contributed by atoms with van der Waals surface area (Å²) in [6.45, 7) is 0.306. The van der Waals surface area contributed by atoms with Gasteiger partial charge in [0.2, 0.25) is 0 Å². The molecular formula is C17H18F2N2O3.